The van der Waals surface area contributed by atoms with Gasteiger partial charge in [0.1, 0.15) is 6.20 Å². The second-order valence-electron chi connectivity index (χ2n) is 4.69. The maximum atomic E-state index is 11.0. The van der Waals surface area contributed by atoms with Crippen LogP contribution in [0.4, 0.5) is 17.5 Å². The molecule has 0 radical (unpaired) electrons. The van der Waals surface area contributed by atoms with Gasteiger partial charge in [-0.3, -0.25) is 10.1 Å². The number of rotatable bonds is 7. The Morgan fingerprint density at radius 1 is 1.47 bits per heavy atom. The van der Waals surface area contributed by atoms with Crippen LogP contribution < -0.4 is 10.6 Å². The smallest absolute Gasteiger partial charge is 0.329 e. The first-order valence-electron chi connectivity index (χ1n) is 6.50. The van der Waals surface area contributed by atoms with Gasteiger partial charge in [-0.1, -0.05) is 19.8 Å². The zero-order valence-electron chi connectivity index (χ0n) is 11.7. The van der Waals surface area contributed by atoms with Gasteiger partial charge in [-0.2, -0.15) is 4.98 Å². The second kappa shape index (κ2) is 6.86. The van der Waals surface area contributed by atoms with E-state index in [1.807, 2.05) is 18.7 Å². The van der Waals surface area contributed by atoms with E-state index in [0.29, 0.717) is 5.82 Å². The highest BCUT2D eigenvalue weighted by atomic mass is 16.6. The Morgan fingerprint density at radius 3 is 2.68 bits per heavy atom. The van der Waals surface area contributed by atoms with Crippen molar-refractivity contribution in [3.8, 4) is 0 Å². The zero-order valence-corrected chi connectivity index (χ0v) is 11.7. The van der Waals surface area contributed by atoms with Crippen molar-refractivity contribution in [2.75, 3.05) is 17.2 Å². The fourth-order valence-corrected chi connectivity index (χ4v) is 1.86. The zero-order chi connectivity index (χ0) is 14.4. The predicted octanol–water partition coefficient (Wildman–Crippen LogP) is 2.37. The Morgan fingerprint density at radius 2 is 2.16 bits per heavy atom. The quantitative estimate of drug-likeness (QED) is 0.462. The summed E-state index contributed by atoms with van der Waals surface area (Å²) in [6.07, 6.45) is 4.32. The first-order chi connectivity index (χ1) is 8.97. The SMILES string of the molecule is CCCCCN(c1nc(N)ncc1[N+](=O)[O-])C(C)C. The lowest BCUT2D eigenvalue weighted by Crippen LogP contribution is -2.33. The number of unbranched alkanes of at least 4 members (excludes halogenated alkanes) is 2. The van der Waals surface area contributed by atoms with Gasteiger partial charge in [0, 0.05) is 12.6 Å². The topological polar surface area (TPSA) is 98.2 Å². The van der Waals surface area contributed by atoms with E-state index in [1.54, 1.807) is 0 Å². The third kappa shape index (κ3) is 4.04. The molecule has 1 heterocycles. The maximum absolute atomic E-state index is 11.0. The summed E-state index contributed by atoms with van der Waals surface area (Å²) < 4.78 is 0. The number of hydrogen-bond donors (Lipinski definition) is 1. The molecule has 0 spiro atoms. The fourth-order valence-electron chi connectivity index (χ4n) is 1.86. The van der Waals surface area contributed by atoms with Crippen LogP contribution in [0.3, 0.4) is 0 Å². The molecule has 7 nitrogen and oxygen atoms in total. The Labute approximate surface area is 113 Å². The van der Waals surface area contributed by atoms with Crippen molar-refractivity contribution in [3.63, 3.8) is 0 Å². The molecular formula is C12H21N5O2. The molecule has 1 rings (SSSR count). The van der Waals surface area contributed by atoms with Crippen LogP contribution in [0.1, 0.15) is 40.0 Å². The van der Waals surface area contributed by atoms with Crippen LogP contribution in [0.25, 0.3) is 0 Å². The van der Waals surface area contributed by atoms with E-state index in [1.165, 1.54) is 6.20 Å². The number of nitro groups is 1. The summed E-state index contributed by atoms with van der Waals surface area (Å²) in [5.74, 6) is 0.366. The summed E-state index contributed by atoms with van der Waals surface area (Å²) in [4.78, 5) is 20.2. The summed E-state index contributed by atoms with van der Waals surface area (Å²) in [7, 11) is 0. The fraction of sp³-hybridized carbons (Fsp3) is 0.667. The first kappa shape index (κ1) is 15.1. The molecule has 0 fully saturated rings. The van der Waals surface area contributed by atoms with Crippen molar-refractivity contribution in [2.45, 2.75) is 46.1 Å². The van der Waals surface area contributed by atoms with Crippen molar-refractivity contribution in [2.24, 2.45) is 0 Å². The molecule has 0 aliphatic heterocycles. The van der Waals surface area contributed by atoms with Crippen LogP contribution in [0, 0.1) is 10.1 Å². The van der Waals surface area contributed by atoms with Crippen molar-refractivity contribution in [1.29, 1.82) is 0 Å². The van der Waals surface area contributed by atoms with Crippen LogP contribution in [-0.4, -0.2) is 27.5 Å². The Bertz CT molecular complexity index is 436. The molecule has 0 atom stereocenters. The molecule has 19 heavy (non-hydrogen) atoms. The van der Waals surface area contributed by atoms with Crippen LogP contribution >= 0.6 is 0 Å². The highest BCUT2D eigenvalue weighted by Crippen LogP contribution is 2.27. The summed E-state index contributed by atoms with van der Waals surface area (Å²) in [6, 6.07) is 0.116. The summed E-state index contributed by atoms with van der Waals surface area (Å²) in [5.41, 5.74) is 5.45. The molecule has 0 unspecified atom stereocenters. The number of nitrogens with two attached hydrogens (primary N) is 1. The van der Waals surface area contributed by atoms with Crippen molar-refractivity contribution in [1.82, 2.24) is 9.97 Å². The highest BCUT2D eigenvalue weighted by molar-refractivity contribution is 5.58. The molecule has 0 aliphatic carbocycles. The van der Waals surface area contributed by atoms with E-state index in [-0.39, 0.29) is 17.7 Å². The normalized spacial score (nSPS) is 10.7. The number of hydrogen-bond acceptors (Lipinski definition) is 6. The third-order valence-electron chi connectivity index (χ3n) is 2.86. The average molecular weight is 267 g/mol. The van der Waals surface area contributed by atoms with Gasteiger partial charge in [0.15, 0.2) is 0 Å². The van der Waals surface area contributed by atoms with Crippen molar-refractivity contribution >= 4 is 17.5 Å². The van der Waals surface area contributed by atoms with Gasteiger partial charge in [0.2, 0.25) is 11.8 Å². The molecule has 2 N–H and O–H groups in total. The van der Waals surface area contributed by atoms with Gasteiger partial charge in [0.05, 0.1) is 4.92 Å². The maximum Gasteiger partial charge on any atom is 0.329 e. The standard InChI is InChI=1S/C12H21N5O2/c1-4-5-6-7-16(9(2)3)11-10(17(18)19)8-14-12(13)15-11/h8-9H,4-7H2,1-3H3,(H2,13,14,15). The van der Waals surface area contributed by atoms with Gasteiger partial charge >= 0.3 is 5.69 Å². The Balaban J connectivity index is 3.06. The number of aromatic nitrogens is 2. The van der Waals surface area contributed by atoms with Crippen molar-refractivity contribution in [3.05, 3.63) is 16.3 Å². The van der Waals surface area contributed by atoms with E-state index in [2.05, 4.69) is 16.9 Å². The minimum absolute atomic E-state index is 0.0572. The van der Waals surface area contributed by atoms with Crippen LogP contribution in [0.15, 0.2) is 6.20 Å². The number of nitrogens with zero attached hydrogens (tertiary/aromatic N) is 4. The molecule has 7 heteroatoms. The highest BCUT2D eigenvalue weighted by Gasteiger charge is 2.23. The molecular weight excluding hydrogens is 246 g/mol. The number of anilines is 2. The van der Waals surface area contributed by atoms with Gasteiger partial charge in [0.25, 0.3) is 0 Å². The first-order valence-corrected chi connectivity index (χ1v) is 6.50. The minimum Gasteiger partial charge on any atom is -0.368 e. The van der Waals surface area contributed by atoms with Gasteiger partial charge in [-0.25, -0.2) is 4.98 Å². The lowest BCUT2D eigenvalue weighted by Gasteiger charge is -2.27. The molecule has 0 aromatic carbocycles. The Hall–Kier alpha value is -1.92. The summed E-state index contributed by atoms with van der Waals surface area (Å²) in [6.45, 7) is 6.80. The summed E-state index contributed by atoms with van der Waals surface area (Å²) in [5, 5.41) is 11.0. The monoisotopic (exact) mass is 267 g/mol. The summed E-state index contributed by atoms with van der Waals surface area (Å²) >= 11 is 0. The van der Waals surface area contributed by atoms with Gasteiger partial charge in [-0.15, -0.1) is 0 Å². The van der Waals surface area contributed by atoms with E-state index in [0.717, 1.165) is 25.8 Å². The largest absolute Gasteiger partial charge is 0.368 e. The average Bonchev–Trinajstić information content (AvgIpc) is 2.33. The molecule has 0 saturated carbocycles. The van der Waals surface area contributed by atoms with E-state index < -0.39 is 4.92 Å². The van der Waals surface area contributed by atoms with E-state index >= 15 is 0 Å². The van der Waals surface area contributed by atoms with E-state index in [9.17, 15) is 10.1 Å². The van der Waals surface area contributed by atoms with Gasteiger partial charge in [-0.05, 0) is 20.3 Å². The van der Waals surface area contributed by atoms with Crippen LogP contribution in [-0.2, 0) is 0 Å². The predicted molar refractivity (Wildman–Crippen MR) is 75.1 cm³/mol. The lowest BCUT2D eigenvalue weighted by molar-refractivity contribution is -0.384. The lowest BCUT2D eigenvalue weighted by atomic mass is 10.2. The van der Waals surface area contributed by atoms with Crippen molar-refractivity contribution < 1.29 is 4.92 Å². The van der Waals surface area contributed by atoms with Gasteiger partial charge < -0.3 is 10.6 Å². The third-order valence-corrected chi connectivity index (χ3v) is 2.86. The molecule has 0 bridgehead atoms. The molecule has 0 amide bonds. The second-order valence-corrected chi connectivity index (χ2v) is 4.69. The van der Waals surface area contributed by atoms with Crippen LogP contribution in [0.5, 0.6) is 0 Å². The molecule has 0 saturated heterocycles. The number of nitrogen functional groups attached to an aromatic ring is 1. The molecule has 1 aromatic heterocycles. The van der Waals surface area contributed by atoms with E-state index in [4.69, 9.17) is 5.73 Å². The molecule has 1 aromatic rings. The molecule has 0 aliphatic rings. The minimum atomic E-state index is -0.468. The molecule has 106 valence electrons. The van der Waals surface area contributed by atoms with Crippen LogP contribution in [0.2, 0.25) is 0 Å². The Kier molecular flexibility index (Phi) is 5.47.